The molecule has 0 aromatic heterocycles. The molecule has 7 heteroatoms. The lowest BCUT2D eigenvalue weighted by Gasteiger charge is -2.38. The van der Waals surface area contributed by atoms with Crippen molar-refractivity contribution in [3.05, 3.63) is 86.9 Å². The fourth-order valence-corrected chi connectivity index (χ4v) is 4.68. The number of halogens is 2. The molecule has 1 unspecified atom stereocenters. The van der Waals surface area contributed by atoms with Crippen molar-refractivity contribution in [2.24, 2.45) is 0 Å². The summed E-state index contributed by atoms with van der Waals surface area (Å²) in [6.07, 6.45) is 0.683. The maximum Gasteiger partial charge on any atom is 0.254 e. The predicted molar refractivity (Wildman–Crippen MR) is 126 cm³/mol. The first kappa shape index (κ1) is 22.3. The van der Waals surface area contributed by atoms with E-state index >= 15 is 0 Å². The van der Waals surface area contributed by atoms with E-state index in [0.29, 0.717) is 40.1 Å². The average molecular weight is 472 g/mol. The van der Waals surface area contributed by atoms with Gasteiger partial charge in [0.2, 0.25) is 0 Å². The number of ether oxygens (including phenoxy) is 3. The lowest BCUT2D eigenvalue weighted by molar-refractivity contribution is 0.0694. The molecule has 0 spiro atoms. The first-order valence-corrected chi connectivity index (χ1v) is 10.9. The highest BCUT2D eigenvalue weighted by atomic mass is 35.5. The fourth-order valence-electron chi connectivity index (χ4n) is 4.15. The van der Waals surface area contributed by atoms with Crippen LogP contribution in [0.5, 0.6) is 17.2 Å². The summed E-state index contributed by atoms with van der Waals surface area (Å²) in [6, 6.07) is 16.2. The average Bonchev–Trinajstić information content (AvgIpc) is 2.81. The zero-order chi connectivity index (χ0) is 22.8. The number of nitrogens with zero attached hydrogens (tertiary/aromatic N) is 1. The summed E-state index contributed by atoms with van der Waals surface area (Å²) in [6.45, 7) is 0.530. The van der Waals surface area contributed by atoms with Gasteiger partial charge in [-0.25, -0.2) is 0 Å². The van der Waals surface area contributed by atoms with Crippen molar-refractivity contribution in [2.75, 3.05) is 27.9 Å². The third-order valence-corrected chi connectivity index (χ3v) is 6.11. The summed E-state index contributed by atoms with van der Waals surface area (Å²) in [4.78, 5) is 15.5. The number of carbonyl (C=O) groups is 1. The number of hydrogen-bond acceptors (Lipinski definition) is 4. The quantitative estimate of drug-likeness (QED) is 0.471. The molecule has 4 rings (SSSR count). The van der Waals surface area contributed by atoms with Crippen LogP contribution in [-0.2, 0) is 6.42 Å². The lowest BCUT2D eigenvalue weighted by Crippen LogP contribution is -2.40. The van der Waals surface area contributed by atoms with E-state index in [2.05, 4.69) is 0 Å². The smallest absolute Gasteiger partial charge is 0.254 e. The summed E-state index contributed by atoms with van der Waals surface area (Å²) in [5, 5.41) is 0.844. The molecule has 0 aliphatic carbocycles. The van der Waals surface area contributed by atoms with Crippen molar-refractivity contribution >= 4 is 29.1 Å². The number of methoxy groups -OCH3 is 3. The van der Waals surface area contributed by atoms with Crippen LogP contribution in [0, 0.1) is 0 Å². The Morgan fingerprint density at radius 3 is 2.09 bits per heavy atom. The molecule has 1 amide bonds. The van der Waals surface area contributed by atoms with E-state index in [0.717, 1.165) is 22.4 Å². The van der Waals surface area contributed by atoms with Crippen molar-refractivity contribution in [1.82, 2.24) is 4.90 Å². The summed E-state index contributed by atoms with van der Waals surface area (Å²) in [5.41, 5.74) is 3.50. The zero-order valence-electron chi connectivity index (χ0n) is 18.0. The van der Waals surface area contributed by atoms with Gasteiger partial charge in [0.25, 0.3) is 5.91 Å². The van der Waals surface area contributed by atoms with Gasteiger partial charge in [-0.15, -0.1) is 0 Å². The number of amides is 1. The molecule has 1 aliphatic rings. The minimum absolute atomic E-state index is 0.143. The molecule has 0 saturated heterocycles. The molecule has 0 radical (unpaired) electrons. The lowest BCUT2D eigenvalue weighted by atomic mass is 9.87. The van der Waals surface area contributed by atoms with Gasteiger partial charge in [0.05, 0.1) is 27.4 Å². The molecular weight excluding hydrogens is 449 g/mol. The van der Waals surface area contributed by atoms with Crippen LogP contribution in [0.1, 0.15) is 33.1 Å². The van der Waals surface area contributed by atoms with Crippen molar-refractivity contribution in [1.29, 1.82) is 0 Å². The van der Waals surface area contributed by atoms with E-state index in [1.807, 2.05) is 41.3 Å². The van der Waals surface area contributed by atoms with Gasteiger partial charge < -0.3 is 19.1 Å². The number of carbonyl (C=O) groups excluding carboxylic acids is 1. The van der Waals surface area contributed by atoms with Gasteiger partial charge in [0.15, 0.2) is 11.5 Å². The number of fused-ring (bicyclic) bond motifs is 1. The highest BCUT2D eigenvalue weighted by Gasteiger charge is 2.34. The molecule has 0 saturated carbocycles. The molecule has 1 heterocycles. The maximum atomic E-state index is 13.6. The Morgan fingerprint density at radius 1 is 0.875 bits per heavy atom. The van der Waals surface area contributed by atoms with Crippen LogP contribution in [0.3, 0.4) is 0 Å². The van der Waals surface area contributed by atoms with Crippen molar-refractivity contribution in [2.45, 2.75) is 12.5 Å². The SMILES string of the molecule is COc1ccc(C2c3cc(OC)c(OC)cc3CCN2C(=O)c2cc(Cl)cc(Cl)c2)cc1. The van der Waals surface area contributed by atoms with Crippen LogP contribution in [0.2, 0.25) is 10.0 Å². The van der Waals surface area contributed by atoms with E-state index in [4.69, 9.17) is 37.4 Å². The van der Waals surface area contributed by atoms with E-state index in [9.17, 15) is 4.79 Å². The van der Waals surface area contributed by atoms with Crippen LogP contribution in [-0.4, -0.2) is 38.7 Å². The van der Waals surface area contributed by atoms with Gasteiger partial charge in [0, 0.05) is 22.2 Å². The van der Waals surface area contributed by atoms with Crippen molar-refractivity contribution < 1.29 is 19.0 Å². The Hall–Kier alpha value is -2.89. The number of rotatable bonds is 5. The highest BCUT2D eigenvalue weighted by molar-refractivity contribution is 6.35. The third kappa shape index (κ3) is 4.23. The number of benzene rings is 3. The maximum absolute atomic E-state index is 13.6. The summed E-state index contributed by atoms with van der Waals surface area (Å²) < 4.78 is 16.4. The van der Waals surface area contributed by atoms with Crippen LogP contribution >= 0.6 is 23.2 Å². The summed E-state index contributed by atoms with van der Waals surface area (Å²) in [5.74, 6) is 1.89. The third-order valence-electron chi connectivity index (χ3n) is 5.68. The monoisotopic (exact) mass is 471 g/mol. The second-order valence-electron chi connectivity index (χ2n) is 7.49. The van der Waals surface area contributed by atoms with Crippen LogP contribution in [0.25, 0.3) is 0 Å². The molecule has 166 valence electrons. The Balaban J connectivity index is 1.85. The standard InChI is InChI=1S/C25H23Cl2NO4/c1-30-20-6-4-15(5-7-20)24-21-14-23(32-3)22(31-2)12-16(21)8-9-28(24)25(29)17-10-18(26)13-19(27)11-17/h4-7,10-14,24H,8-9H2,1-3H3. The van der Waals surface area contributed by atoms with Crippen LogP contribution in [0.15, 0.2) is 54.6 Å². The van der Waals surface area contributed by atoms with Gasteiger partial charge >= 0.3 is 0 Å². The Kier molecular flexibility index (Phi) is 6.49. The fraction of sp³-hybridized carbons (Fsp3) is 0.240. The Labute approximate surface area is 197 Å². The molecule has 1 aliphatic heterocycles. The first-order chi connectivity index (χ1) is 15.4. The van der Waals surface area contributed by atoms with E-state index in [1.54, 1.807) is 39.5 Å². The van der Waals surface area contributed by atoms with Gasteiger partial charge in [-0.2, -0.15) is 0 Å². The van der Waals surface area contributed by atoms with E-state index in [1.165, 1.54) is 0 Å². The van der Waals surface area contributed by atoms with E-state index < -0.39 is 0 Å². The minimum atomic E-state index is -0.324. The minimum Gasteiger partial charge on any atom is -0.497 e. The molecule has 5 nitrogen and oxygen atoms in total. The zero-order valence-corrected chi connectivity index (χ0v) is 19.5. The topological polar surface area (TPSA) is 48.0 Å². The Morgan fingerprint density at radius 2 is 1.50 bits per heavy atom. The second kappa shape index (κ2) is 9.31. The number of hydrogen-bond donors (Lipinski definition) is 0. The van der Waals surface area contributed by atoms with E-state index in [-0.39, 0.29) is 11.9 Å². The van der Waals surface area contributed by atoms with Crippen LogP contribution in [0.4, 0.5) is 0 Å². The predicted octanol–water partition coefficient (Wildman–Crippen LogP) is 5.81. The highest BCUT2D eigenvalue weighted by Crippen LogP contribution is 2.42. The van der Waals surface area contributed by atoms with Gasteiger partial charge in [-0.1, -0.05) is 35.3 Å². The molecular formula is C25H23Cl2NO4. The van der Waals surface area contributed by atoms with Gasteiger partial charge in [-0.05, 0) is 65.6 Å². The van der Waals surface area contributed by atoms with Gasteiger partial charge in [-0.3, -0.25) is 4.79 Å². The first-order valence-electron chi connectivity index (χ1n) is 10.1. The van der Waals surface area contributed by atoms with Crippen molar-refractivity contribution in [3.8, 4) is 17.2 Å². The largest absolute Gasteiger partial charge is 0.497 e. The normalized spacial score (nSPS) is 15.2. The van der Waals surface area contributed by atoms with Crippen molar-refractivity contribution in [3.63, 3.8) is 0 Å². The second-order valence-corrected chi connectivity index (χ2v) is 8.36. The molecule has 3 aromatic rings. The molecule has 3 aromatic carbocycles. The molecule has 32 heavy (non-hydrogen) atoms. The summed E-state index contributed by atoms with van der Waals surface area (Å²) >= 11 is 12.3. The summed E-state index contributed by atoms with van der Waals surface area (Å²) in [7, 11) is 4.85. The molecule has 0 fully saturated rings. The molecule has 0 bridgehead atoms. The molecule has 0 N–H and O–H groups in total. The molecule has 1 atom stereocenters. The van der Waals surface area contributed by atoms with Gasteiger partial charge in [0.1, 0.15) is 5.75 Å². The van der Waals surface area contributed by atoms with Crippen LogP contribution < -0.4 is 14.2 Å². The Bertz CT molecular complexity index is 1130.